The van der Waals surface area contributed by atoms with E-state index in [0.29, 0.717) is 5.56 Å². The summed E-state index contributed by atoms with van der Waals surface area (Å²) in [6.07, 6.45) is -3.13. The summed E-state index contributed by atoms with van der Waals surface area (Å²) in [7, 11) is 2.45. The van der Waals surface area contributed by atoms with Crippen LogP contribution < -0.4 is 10.1 Å². The number of nitrogens with one attached hydrogen (secondary N) is 1. The maximum Gasteiger partial charge on any atom is 0.339 e. The first-order valence-electron chi connectivity index (χ1n) is 13.5. The first-order valence-corrected chi connectivity index (χ1v) is 13.5. The molecule has 0 aliphatic carbocycles. The second-order valence-electron chi connectivity index (χ2n) is 9.58. The highest BCUT2D eigenvalue weighted by molar-refractivity contribution is 5.95. The molecule has 3 unspecified atom stereocenters. The molecule has 1 heterocycles. The van der Waals surface area contributed by atoms with Crippen molar-refractivity contribution < 1.29 is 67.0 Å². The van der Waals surface area contributed by atoms with Crippen molar-refractivity contribution in [2.45, 2.75) is 64.5 Å². The van der Waals surface area contributed by atoms with Gasteiger partial charge >= 0.3 is 23.9 Å². The minimum absolute atomic E-state index is 0.00399. The Morgan fingerprint density at radius 2 is 1.62 bits per heavy atom. The van der Waals surface area contributed by atoms with Crippen molar-refractivity contribution >= 4 is 41.4 Å². The molecule has 2 N–H and O–H groups in total. The van der Waals surface area contributed by atoms with E-state index in [1.807, 2.05) is 0 Å². The van der Waals surface area contributed by atoms with Gasteiger partial charge in [0, 0.05) is 27.8 Å². The molecule has 16 heteroatoms. The summed E-state index contributed by atoms with van der Waals surface area (Å²) in [6, 6.07) is 4.16. The average molecular weight is 637 g/mol. The molecule has 2 rings (SSSR count). The Balaban J connectivity index is 2.42. The Morgan fingerprint density at radius 3 is 2.20 bits per heavy atom. The van der Waals surface area contributed by atoms with E-state index in [1.165, 1.54) is 25.2 Å². The van der Waals surface area contributed by atoms with Crippen molar-refractivity contribution in [3.8, 4) is 18.1 Å². The number of esters is 4. The molecule has 16 nitrogen and oxygen atoms in total. The Kier molecular flexibility index (Phi) is 14.2. The van der Waals surface area contributed by atoms with E-state index in [4.69, 9.17) is 39.6 Å². The predicted molar refractivity (Wildman–Crippen MR) is 151 cm³/mol. The van der Waals surface area contributed by atoms with Crippen molar-refractivity contribution in [1.82, 2.24) is 4.90 Å². The van der Waals surface area contributed by atoms with Gasteiger partial charge in [-0.25, -0.2) is 4.79 Å². The number of methoxy groups -OCH3 is 1. The molecule has 1 aromatic carbocycles. The lowest BCUT2D eigenvalue weighted by atomic mass is 9.97. The lowest BCUT2D eigenvalue weighted by Crippen LogP contribution is -2.64. The molecular formula is C29H36N2O14. The third-order valence-corrected chi connectivity index (χ3v) is 6.03. The van der Waals surface area contributed by atoms with Gasteiger partial charge in [-0.05, 0) is 17.7 Å². The molecule has 0 saturated carbocycles. The summed E-state index contributed by atoms with van der Waals surface area (Å²) in [4.78, 5) is 75.1. The maximum atomic E-state index is 12.9. The zero-order valence-corrected chi connectivity index (χ0v) is 25.4. The quantitative estimate of drug-likeness (QED) is 0.116. The fraction of sp³-hybridized carbons (Fsp3) is 0.517. The number of carbonyl (C=O) groups is 6. The minimum atomic E-state index is -1.71. The first kappa shape index (κ1) is 36.5. The van der Waals surface area contributed by atoms with Gasteiger partial charge in [0.15, 0.2) is 18.3 Å². The number of hydrogen-bond donors (Lipinski definition) is 2. The number of nitrogens with zero attached hydrogens (tertiary/aromatic N) is 1. The van der Waals surface area contributed by atoms with Crippen LogP contribution in [0.4, 0.5) is 5.69 Å². The normalized spacial score (nSPS) is 20.5. The first-order chi connectivity index (χ1) is 21.3. The topological polar surface area (TPSA) is 203 Å². The van der Waals surface area contributed by atoms with Crippen LogP contribution in [0.3, 0.4) is 0 Å². The van der Waals surface area contributed by atoms with Gasteiger partial charge in [-0.3, -0.25) is 24.0 Å². The standard InChI is InChI=1S/C29H36N2O14/c1-7-11-40-12-10-23(37)31(5)14-22(36)30-20-13-19(15-32)8-9-21(20)44-29-27(43-18(4)35)25(42-17(3)34)24(41-16(2)33)26(45-29)28(38)39-6/h1,8-9,13,24-27,29,32H,10-12,14-15H2,2-6H3,(H,30,36)/t24-,25?,26?,27?,29-/m0/s1. The molecule has 1 aromatic rings. The summed E-state index contributed by atoms with van der Waals surface area (Å²) < 4.78 is 37.5. The van der Waals surface area contributed by atoms with Crippen molar-refractivity contribution in [2.75, 3.05) is 39.2 Å². The smallest absolute Gasteiger partial charge is 0.339 e. The van der Waals surface area contributed by atoms with Gasteiger partial charge in [0.05, 0.1) is 39.0 Å². The van der Waals surface area contributed by atoms with Gasteiger partial charge in [0.1, 0.15) is 12.4 Å². The monoisotopic (exact) mass is 636 g/mol. The molecule has 0 radical (unpaired) electrons. The average Bonchev–Trinajstić information content (AvgIpc) is 2.97. The van der Waals surface area contributed by atoms with Crippen molar-refractivity contribution in [2.24, 2.45) is 0 Å². The SMILES string of the molecule is C#CCOCCC(=O)N(C)CC(=O)Nc1cc(CO)ccc1O[C@H]1OC(C(=O)OC)[C@@H](OC(C)=O)C(OC(C)=O)C1OC(C)=O. The van der Waals surface area contributed by atoms with Crippen LogP contribution in [0.15, 0.2) is 18.2 Å². The van der Waals surface area contributed by atoms with Gasteiger partial charge in [-0.2, -0.15) is 0 Å². The summed E-state index contributed by atoms with van der Waals surface area (Å²) in [5, 5.41) is 12.3. The van der Waals surface area contributed by atoms with Crippen LogP contribution in [0.25, 0.3) is 0 Å². The molecule has 2 amide bonds. The molecule has 1 aliphatic heterocycles. The van der Waals surface area contributed by atoms with Gasteiger partial charge < -0.3 is 48.5 Å². The van der Waals surface area contributed by atoms with Crippen LogP contribution in [0.1, 0.15) is 32.8 Å². The number of amides is 2. The highest BCUT2D eigenvalue weighted by Crippen LogP contribution is 2.34. The molecule has 246 valence electrons. The zero-order valence-electron chi connectivity index (χ0n) is 25.4. The Labute approximate surface area is 259 Å². The van der Waals surface area contributed by atoms with Crippen LogP contribution in [0.5, 0.6) is 5.75 Å². The van der Waals surface area contributed by atoms with E-state index in [0.717, 1.165) is 32.8 Å². The third-order valence-electron chi connectivity index (χ3n) is 6.03. The van der Waals surface area contributed by atoms with E-state index in [1.54, 1.807) is 0 Å². The third kappa shape index (κ3) is 11.1. The number of rotatable bonds is 14. The summed E-state index contributed by atoms with van der Waals surface area (Å²) in [5.41, 5.74) is 0.352. The predicted octanol–water partition coefficient (Wildman–Crippen LogP) is -0.312. The lowest BCUT2D eigenvalue weighted by Gasteiger charge is -2.43. The van der Waals surface area contributed by atoms with E-state index in [9.17, 15) is 33.9 Å². The van der Waals surface area contributed by atoms with Crippen LogP contribution in [-0.2, 0) is 63.8 Å². The lowest BCUT2D eigenvalue weighted by molar-refractivity contribution is -0.282. The largest absolute Gasteiger partial charge is 0.467 e. The van der Waals surface area contributed by atoms with E-state index < -0.39 is 73.0 Å². The number of likely N-dealkylation sites (N-methyl/N-ethyl adjacent to an activating group) is 1. The van der Waals surface area contributed by atoms with E-state index in [-0.39, 0.29) is 37.6 Å². The number of ether oxygens (including phenoxy) is 7. The molecule has 5 atom stereocenters. The minimum Gasteiger partial charge on any atom is -0.467 e. The van der Waals surface area contributed by atoms with Crippen molar-refractivity contribution in [3.05, 3.63) is 23.8 Å². The van der Waals surface area contributed by atoms with Crippen LogP contribution in [0.2, 0.25) is 0 Å². The number of aliphatic hydroxyl groups is 1. The van der Waals surface area contributed by atoms with Gasteiger partial charge in [-0.15, -0.1) is 6.42 Å². The highest BCUT2D eigenvalue weighted by atomic mass is 16.7. The summed E-state index contributed by atoms with van der Waals surface area (Å²) >= 11 is 0. The molecule has 1 aliphatic rings. The summed E-state index contributed by atoms with van der Waals surface area (Å²) in [6.45, 7) is 2.44. The molecule has 0 spiro atoms. The molecule has 1 fully saturated rings. The molecular weight excluding hydrogens is 600 g/mol. The maximum absolute atomic E-state index is 12.9. The molecule has 0 bridgehead atoms. The van der Waals surface area contributed by atoms with Crippen molar-refractivity contribution in [1.29, 1.82) is 0 Å². The summed E-state index contributed by atoms with van der Waals surface area (Å²) in [5.74, 6) is -2.52. The van der Waals surface area contributed by atoms with Gasteiger partial charge in [-0.1, -0.05) is 12.0 Å². The fourth-order valence-electron chi connectivity index (χ4n) is 4.15. The Bertz CT molecular complexity index is 1290. The Hall–Kier alpha value is -4.72. The Morgan fingerprint density at radius 1 is 1.00 bits per heavy atom. The number of terminal acetylenes is 1. The molecule has 0 aromatic heterocycles. The number of aliphatic hydroxyl groups excluding tert-OH is 1. The van der Waals surface area contributed by atoms with E-state index >= 15 is 0 Å². The number of carbonyl (C=O) groups excluding carboxylic acids is 6. The number of benzene rings is 1. The zero-order chi connectivity index (χ0) is 33.7. The van der Waals surface area contributed by atoms with E-state index in [2.05, 4.69) is 11.2 Å². The van der Waals surface area contributed by atoms with Gasteiger partial charge in [0.25, 0.3) is 0 Å². The number of hydrogen-bond acceptors (Lipinski definition) is 14. The second-order valence-corrected chi connectivity index (χ2v) is 9.58. The molecule has 1 saturated heterocycles. The highest BCUT2D eigenvalue weighted by Gasteiger charge is 2.56. The number of anilines is 1. The van der Waals surface area contributed by atoms with Gasteiger partial charge in [0.2, 0.25) is 24.2 Å². The second kappa shape index (κ2) is 17.5. The van der Waals surface area contributed by atoms with Crippen LogP contribution >= 0.6 is 0 Å². The molecule has 45 heavy (non-hydrogen) atoms. The van der Waals surface area contributed by atoms with Crippen LogP contribution in [0, 0.1) is 12.3 Å². The van der Waals surface area contributed by atoms with Crippen LogP contribution in [-0.4, -0.2) is 110 Å². The van der Waals surface area contributed by atoms with Crippen molar-refractivity contribution in [3.63, 3.8) is 0 Å². The fourth-order valence-corrected chi connectivity index (χ4v) is 4.15.